The number of benzene rings is 2. The van der Waals surface area contributed by atoms with Crippen LogP contribution in [0.15, 0.2) is 77.5 Å². The minimum Gasteiger partial charge on any atom is -0.438 e. The molecule has 0 bridgehead atoms. The molecule has 4 rings (SSSR count). The summed E-state index contributed by atoms with van der Waals surface area (Å²) in [6.07, 6.45) is 4.17. The van der Waals surface area contributed by atoms with Gasteiger partial charge >= 0.3 is 0 Å². The van der Waals surface area contributed by atoms with Crippen molar-refractivity contribution >= 4 is 27.5 Å². The number of carbonyl (C=O) groups excluding carboxylic acids is 1. The first-order valence-electron chi connectivity index (χ1n) is 10.2. The molecule has 0 radical (unpaired) electrons. The summed E-state index contributed by atoms with van der Waals surface area (Å²) in [6.45, 7) is 3.93. The number of halogens is 1. The highest BCUT2D eigenvalue weighted by Crippen LogP contribution is 2.32. The molecule has 32 heavy (non-hydrogen) atoms. The number of pyridine rings is 1. The van der Waals surface area contributed by atoms with Gasteiger partial charge in [0.15, 0.2) is 0 Å². The summed E-state index contributed by atoms with van der Waals surface area (Å²) in [5.74, 6) is 1.66. The van der Waals surface area contributed by atoms with E-state index in [-0.39, 0.29) is 5.91 Å². The molecule has 0 saturated heterocycles. The fourth-order valence-corrected chi connectivity index (χ4v) is 3.56. The Morgan fingerprint density at radius 2 is 1.91 bits per heavy atom. The third kappa shape index (κ3) is 5.00. The number of aromatic nitrogens is 3. The van der Waals surface area contributed by atoms with Crippen LogP contribution in [0.2, 0.25) is 0 Å². The molecule has 2 heterocycles. The smallest absolute Gasteiger partial charge is 0.255 e. The summed E-state index contributed by atoms with van der Waals surface area (Å²) in [5, 5.41) is 2.95. The van der Waals surface area contributed by atoms with Crippen LogP contribution in [0.3, 0.4) is 0 Å². The van der Waals surface area contributed by atoms with E-state index >= 15 is 0 Å². The lowest BCUT2D eigenvalue weighted by Gasteiger charge is -2.13. The molecule has 1 amide bonds. The Hall–Kier alpha value is -3.58. The average molecular weight is 489 g/mol. The number of hydrogen-bond acceptors (Lipinski definition) is 5. The van der Waals surface area contributed by atoms with Crippen molar-refractivity contribution < 1.29 is 9.53 Å². The highest BCUT2D eigenvalue weighted by atomic mass is 79.9. The van der Waals surface area contributed by atoms with E-state index in [4.69, 9.17) is 4.74 Å². The molecular weight excluding hydrogens is 468 g/mol. The van der Waals surface area contributed by atoms with Crippen molar-refractivity contribution in [2.24, 2.45) is 0 Å². The summed E-state index contributed by atoms with van der Waals surface area (Å²) in [4.78, 5) is 25.8. The molecule has 0 aliphatic rings. The number of amides is 1. The molecule has 0 fully saturated rings. The van der Waals surface area contributed by atoms with Gasteiger partial charge in [0.05, 0.1) is 11.3 Å². The fraction of sp³-hybridized carbons (Fsp3) is 0.120. The normalized spacial score (nSPS) is 10.6. The maximum atomic E-state index is 12.6. The van der Waals surface area contributed by atoms with Crippen molar-refractivity contribution in [3.63, 3.8) is 0 Å². The first-order valence-corrected chi connectivity index (χ1v) is 11.0. The summed E-state index contributed by atoms with van der Waals surface area (Å²) in [5.41, 5.74) is 3.71. The van der Waals surface area contributed by atoms with E-state index in [0.29, 0.717) is 22.9 Å². The van der Waals surface area contributed by atoms with Crippen molar-refractivity contribution in [2.45, 2.75) is 20.3 Å². The van der Waals surface area contributed by atoms with Gasteiger partial charge in [0.1, 0.15) is 11.6 Å². The van der Waals surface area contributed by atoms with Gasteiger partial charge < -0.3 is 10.1 Å². The Kier molecular flexibility index (Phi) is 6.56. The van der Waals surface area contributed by atoms with Crippen molar-refractivity contribution in [3.05, 3.63) is 94.5 Å². The molecular formula is C25H21BrN4O2. The van der Waals surface area contributed by atoms with Crippen LogP contribution in [0, 0.1) is 6.92 Å². The number of anilines is 1. The lowest BCUT2D eigenvalue weighted by atomic mass is 10.1. The predicted octanol–water partition coefficient (Wildman–Crippen LogP) is 6.22. The van der Waals surface area contributed by atoms with E-state index in [1.54, 1.807) is 30.6 Å². The van der Waals surface area contributed by atoms with Gasteiger partial charge in [-0.15, -0.1) is 0 Å². The van der Waals surface area contributed by atoms with Gasteiger partial charge in [0.2, 0.25) is 5.88 Å². The molecule has 6 nitrogen and oxygen atoms in total. The van der Waals surface area contributed by atoms with Gasteiger partial charge in [0, 0.05) is 34.5 Å². The zero-order valence-electron chi connectivity index (χ0n) is 17.7. The van der Waals surface area contributed by atoms with Crippen molar-refractivity contribution in [1.82, 2.24) is 15.0 Å². The Bertz CT molecular complexity index is 1280. The topological polar surface area (TPSA) is 77.0 Å². The van der Waals surface area contributed by atoms with E-state index in [2.05, 4.69) is 36.2 Å². The highest BCUT2D eigenvalue weighted by Gasteiger charge is 2.13. The van der Waals surface area contributed by atoms with Gasteiger partial charge in [-0.1, -0.05) is 28.9 Å². The van der Waals surface area contributed by atoms with Gasteiger partial charge in [0.25, 0.3) is 5.91 Å². The van der Waals surface area contributed by atoms with E-state index in [1.807, 2.05) is 56.3 Å². The average Bonchev–Trinajstić information content (AvgIpc) is 2.81. The Balaban J connectivity index is 1.55. The third-order valence-corrected chi connectivity index (χ3v) is 5.31. The SMILES string of the molecule is CCc1nccc(-c2cccnc2Oc2ccc(NC(=O)c3cccc(Br)c3)c(C)c2)n1. The van der Waals surface area contributed by atoms with Crippen molar-refractivity contribution in [1.29, 1.82) is 0 Å². The molecule has 0 unspecified atom stereocenters. The Morgan fingerprint density at radius 3 is 2.69 bits per heavy atom. The second-order valence-corrected chi connectivity index (χ2v) is 8.03. The molecule has 0 aliphatic heterocycles. The Morgan fingerprint density at radius 1 is 1.03 bits per heavy atom. The largest absolute Gasteiger partial charge is 0.438 e. The number of ether oxygens (including phenoxy) is 1. The molecule has 0 atom stereocenters. The first-order chi connectivity index (χ1) is 15.5. The number of nitrogens with one attached hydrogen (secondary N) is 1. The lowest BCUT2D eigenvalue weighted by Crippen LogP contribution is -2.12. The van der Waals surface area contributed by atoms with Gasteiger partial charge in [-0.3, -0.25) is 4.79 Å². The molecule has 2 aromatic heterocycles. The molecule has 1 N–H and O–H groups in total. The minimum absolute atomic E-state index is 0.175. The maximum absolute atomic E-state index is 12.6. The van der Waals surface area contributed by atoms with Crippen LogP contribution in [0.4, 0.5) is 5.69 Å². The van der Waals surface area contributed by atoms with Crippen LogP contribution in [-0.4, -0.2) is 20.9 Å². The van der Waals surface area contributed by atoms with E-state index in [0.717, 1.165) is 33.5 Å². The minimum atomic E-state index is -0.175. The van der Waals surface area contributed by atoms with Gasteiger partial charge in [-0.2, -0.15) is 0 Å². The molecule has 0 saturated carbocycles. The third-order valence-electron chi connectivity index (χ3n) is 4.82. The molecule has 160 valence electrons. The van der Waals surface area contributed by atoms with Crippen molar-refractivity contribution in [2.75, 3.05) is 5.32 Å². The second kappa shape index (κ2) is 9.70. The molecule has 7 heteroatoms. The molecule has 0 spiro atoms. The Labute approximate surface area is 194 Å². The summed E-state index contributed by atoms with van der Waals surface area (Å²) in [7, 11) is 0. The summed E-state index contributed by atoms with van der Waals surface area (Å²) in [6, 6.07) is 18.4. The van der Waals surface area contributed by atoms with Crippen LogP contribution in [-0.2, 0) is 6.42 Å². The summed E-state index contributed by atoms with van der Waals surface area (Å²) >= 11 is 3.39. The standard InChI is InChI=1S/C25H21BrN4O2/c1-3-23-27-13-11-22(29-23)20-8-5-12-28-25(20)32-19-9-10-21(16(2)14-19)30-24(31)17-6-4-7-18(26)15-17/h4-15H,3H2,1-2H3,(H,30,31). The quantitative estimate of drug-likeness (QED) is 0.348. The monoisotopic (exact) mass is 488 g/mol. The zero-order chi connectivity index (χ0) is 22.5. The second-order valence-electron chi connectivity index (χ2n) is 7.11. The van der Waals surface area contributed by atoms with Crippen LogP contribution in [0.5, 0.6) is 11.6 Å². The molecule has 0 aliphatic carbocycles. The lowest BCUT2D eigenvalue weighted by molar-refractivity contribution is 0.102. The molecule has 2 aromatic carbocycles. The number of rotatable bonds is 6. The van der Waals surface area contributed by atoms with Crippen LogP contribution >= 0.6 is 15.9 Å². The number of carbonyl (C=O) groups is 1. The number of hydrogen-bond donors (Lipinski definition) is 1. The summed E-state index contributed by atoms with van der Waals surface area (Å²) < 4.78 is 6.94. The van der Waals surface area contributed by atoms with Crippen LogP contribution in [0.1, 0.15) is 28.7 Å². The van der Waals surface area contributed by atoms with Gasteiger partial charge in [-0.05, 0) is 67.1 Å². The van der Waals surface area contributed by atoms with E-state index in [1.165, 1.54) is 0 Å². The zero-order valence-corrected chi connectivity index (χ0v) is 19.3. The van der Waals surface area contributed by atoms with Gasteiger partial charge in [-0.25, -0.2) is 15.0 Å². The van der Waals surface area contributed by atoms with E-state index in [9.17, 15) is 4.79 Å². The van der Waals surface area contributed by atoms with Crippen LogP contribution < -0.4 is 10.1 Å². The van der Waals surface area contributed by atoms with Crippen LogP contribution in [0.25, 0.3) is 11.3 Å². The predicted molar refractivity (Wildman–Crippen MR) is 128 cm³/mol. The highest BCUT2D eigenvalue weighted by molar-refractivity contribution is 9.10. The van der Waals surface area contributed by atoms with E-state index < -0.39 is 0 Å². The number of aryl methyl sites for hydroxylation is 2. The molecule has 4 aromatic rings. The first kappa shape index (κ1) is 21.6. The van der Waals surface area contributed by atoms with Crippen molar-refractivity contribution in [3.8, 4) is 22.9 Å². The maximum Gasteiger partial charge on any atom is 0.255 e. The number of nitrogens with zero attached hydrogens (tertiary/aromatic N) is 3. The fourth-order valence-electron chi connectivity index (χ4n) is 3.16.